The minimum absolute atomic E-state index is 1.00. The molecule has 0 unspecified atom stereocenters. The summed E-state index contributed by atoms with van der Waals surface area (Å²) in [5.74, 6) is 0. The second kappa shape index (κ2) is 3.42. The largest absolute Gasteiger partial charge is 0.359 e. The Morgan fingerprint density at radius 2 is 2.36 bits per heavy atom. The summed E-state index contributed by atoms with van der Waals surface area (Å²) < 4.78 is 0. The molecule has 1 aliphatic heterocycles. The Bertz CT molecular complexity index is 221. The van der Waals surface area contributed by atoms with E-state index in [1.54, 1.807) is 0 Å². The van der Waals surface area contributed by atoms with Crippen LogP contribution in [0.1, 0.15) is 26.7 Å². The lowest BCUT2D eigenvalue weighted by molar-refractivity contribution is 1.04. The molecule has 0 radical (unpaired) electrons. The van der Waals surface area contributed by atoms with Gasteiger partial charge in [-0.2, -0.15) is 0 Å². The summed E-state index contributed by atoms with van der Waals surface area (Å²) in [5, 5.41) is 3.24. The van der Waals surface area contributed by atoms with E-state index in [0.29, 0.717) is 0 Å². The monoisotopic (exact) mass is 149 g/mol. The van der Waals surface area contributed by atoms with Crippen molar-refractivity contribution < 1.29 is 0 Å². The quantitative estimate of drug-likeness (QED) is 0.636. The first-order chi connectivity index (χ1) is 5.24. The van der Waals surface area contributed by atoms with Crippen molar-refractivity contribution >= 4 is 0 Å². The molecule has 11 heavy (non-hydrogen) atoms. The zero-order valence-corrected chi connectivity index (χ0v) is 7.28. The molecular weight excluding hydrogens is 134 g/mol. The minimum atomic E-state index is 1.00. The number of rotatable bonds is 2. The van der Waals surface area contributed by atoms with Gasteiger partial charge in [-0.3, -0.25) is 0 Å². The van der Waals surface area contributed by atoms with Crippen molar-refractivity contribution in [1.82, 2.24) is 5.32 Å². The Labute approximate surface area is 68.5 Å². The molecule has 0 spiro atoms. The number of nitrogens with one attached hydrogen (secondary N) is 1. The molecule has 0 fully saturated rings. The fourth-order valence-electron chi connectivity index (χ4n) is 1.18. The second-order valence-corrected chi connectivity index (χ2v) is 2.91. The summed E-state index contributed by atoms with van der Waals surface area (Å²) in [6, 6.07) is 0. The van der Waals surface area contributed by atoms with Crippen molar-refractivity contribution in [2.45, 2.75) is 26.7 Å². The Balaban J connectivity index is 2.64. The third-order valence-electron chi connectivity index (χ3n) is 1.77. The smallest absolute Gasteiger partial charge is 0.0371 e. The van der Waals surface area contributed by atoms with Crippen LogP contribution in [0.5, 0.6) is 0 Å². The molecular formula is C10H15N. The van der Waals surface area contributed by atoms with Crippen LogP contribution in [0.3, 0.4) is 0 Å². The van der Waals surface area contributed by atoms with Gasteiger partial charge in [0.1, 0.15) is 0 Å². The third-order valence-corrected chi connectivity index (χ3v) is 1.77. The van der Waals surface area contributed by atoms with Crippen LogP contribution >= 0.6 is 0 Å². The first-order valence-electron chi connectivity index (χ1n) is 4.05. The van der Waals surface area contributed by atoms with Crippen molar-refractivity contribution in [2.75, 3.05) is 0 Å². The van der Waals surface area contributed by atoms with Gasteiger partial charge in [-0.25, -0.2) is 0 Å². The highest BCUT2D eigenvalue weighted by Gasteiger charge is 2.09. The maximum Gasteiger partial charge on any atom is 0.0371 e. The first kappa shape index (κ1) is 8.12. The molecule has 1 nitrogen and oxygen atoms in total. The summed E-state index contributed by atoms with van der Waals surface area (Å²) in [5.41, 5.74) is 3.73. The lowest BCUT2D eigenvalue weighted by Crippen LogP contribution is -2.02. The van der Waals surface area contributed by atoms with Crippen LogP contribution in [0.15, 0.2) is 35.7 Å². The zero-order valence-electron chi connectivity index (χ0n) is 7.28. The van der Waals surface area contributed by atoms with E-state index in [0.717, 1.165) is 18.5 Å². The van der Waals surface area contributed by atoms with E-state index >= 15 is 0 Å². The van der Waals surface area contributed by atoms with E-state index in [1.165, 1.54) is 11.3 Å². The lowest BCUT2D eigenvalue weighted by atomic mass is 10.2. The first-order valence-corrected chi connectivity index (χ1v) is 4.05. The van der Waals surface area contributed by atoms with E-state index in [9.17, 15) is 0 Å². The second-order valence-electron chi connectivity index (χ2n) is 2.91. The van der Waals surface area contributed by atoms with Gasteiger partial charge >= 0.3 is 0 Å². The van der Waals surface area contributed by atoms with Gasteiger partial charge in [0.25, 0.3) is 0 Å². The summed E-state index contributed by atoms with van der Waals surface area (Å²) >= 11 is 0. The number of allylic oxidation sites excluding steroid dienone is 3. The normalized spacial score (nSPS) is 18.2. The predicted molar refractivity (Wildman–Crippen MR) is 49.0 cm³/mol. The SMILES string of the molecule is C=C1CC(C)=C(/C=C\CC)N1. The Hall–Kier alpha value is -0.980. The molecule has 1 heteroatoms. The van der Waals surface area contributed by atoms with Gasteiger partial charge in [0.05, 0.1) is 0 Å². The van der Waals surface area contributed by atoms with E-state index < -0.39 is 0 Å². The minimum Gasteiger partial charge on any atom is -0.359 e. The third kappa shape index (κ3) is 1.97. The average Bonchev–Trinajstić information content (AvgIpc) is 2.26. The molecule has 1 aliphatic rings. The molecule has 0 bridgehead atoms. The topological polar surface area (TPSA) is 12.0 Å². The number of hydrogen-bond acceptors (Lipinski definition) is 1. The molecule has 60 valence electrons. The van der Waals surface area contributed by atoms with Crippen molar-refractivity contribution in [1.29, 1.82) is 0 Å². The molecule has 0 aromatic rings. The predicted octanol–water partition coefficient (Wildman–Crippen LogP) is 2.73. The van der Waals surface area contributed by atoms with Crippen LogP contribution in [0.4, 0.5) is 0 Å². The van der Waals surface area contributed by atoms with E-state index in [1.807, 2.05) is 0 Å². The highest BCUT2D eigenvalue weighted by atomic mass is 14.9. The van der Waals surface area contributed by atoms with Gasteiger partial charge in [0.2, 0.25) is 0 Å². The molecule has 0 saturated carbocycles. The van der Waals surface area contributed by atoms with Crippen molar-refractivity contribution in [3.8, 4) is 0 Å². The maximum absolute atomic E-state index is 3.88. The van der Waals surface area contributed by atoms with E-state index in [-0.39, 0.29) is 0 Å². The molecule has 0 atom stereocenters. The summed E-state index contributed by atoms with van der Waals surface area (Å²) in [7, 11) is 0. The zero-order chi connectivity index (χ0) is 8.27. The standard InChI is InChI=1S/C10H15N/c1-4-5-6-10-8(2)7-9(3)11-10/h5-6,11H,3-4,7H2,1-2H3/b6-5-. The summed E-state index contributed by atoms with van der Waals surface area (Å²) in [4.78, 5) is 0. The molecule has 0 amide bonds. The van der Waals surface area contributed by atoms with Crippen LogP contribution < -0.4 is 5.32 Å². The molecule has 0 saturated heterocycles. The van der Waals surface area contributed by atoms with Crippen LogP contribution in [0.2, 0.25) is 0 Å². The summed E-state index contributed by atoms with van der Waals surface area (Å²) in [6.07, 6.45) is 6.38. The van der Waals surface area contributed by atoms with Gasteiger partial charge in [-0.05, 0) is 25.0 Å². The van der Waals surface area contributed by atoms with Gasteiger partial charge in [0.15, 0.2) is 0 Å². The molecule has 1 N–H and O–H groups in total. The maximum atomic E-state index is 3.88. The highest BCUT2D eigenvalue weighted by Crippen LogP contribution is 2.19. The van der Waals surface area contributed by atoms with Gasteiger partial charge in [0, 0.05) is 17.8 Å². The van der Waals surface area contributed by atoms with Gasteiger partial charge < -0.3 is 5.32 Å². The van der Waals surface area contributed by atoms with Crippen LogP contribution in [-0.2, 0) is 0 Å². The van der Waals surface area contributed by atoms with Gasteiger partial charge in [-0.1, -0.05) is 19.6 Å². The number of hydrogen-bond donors (Lipinski definition) is 1. The average molecular weight is 149 g/mol. The van der Waals surface area contributed by atoms with E-state index in [2.05, 4.69) is 37.9 Å². The van der Waals surface area contributed by atoms with Crippen molar-refractivity contribution in [3.63, 3.8) is 0 Å². The van der Waals surface area contributed by atoms with Crippen LogP contribution in [0.25, 0.3) is 0 Å². The molecule has 1 heterocycles. The Morgan fingerprint density at radius 3 is 2.82 bits per heavy atom. The Kier molecular flexibility index (Phi) is 2.53. The fourth-order valence-corrected chi connectivity index (χ4v) is 1.18. The molecule has 0 aliphatic carbocycles. The lowest BCUT2D eigenvalue weighted by Gasteiger charge is -1.97. The van der Waals surface area contributed by atoms with Gasteiger partial charge in [-0.15, -0.1) is 0 Å². The Morgan fingerprint density at radius 1 is 1.64 bits per heavy atom. The highest BCUT2D eigenvalue weighted by molar-refractivity contribution is 5.34. The van der Waals surface area contributed by atoms with Crippen LogP contribution in [0, 0.1) is 0 Å². The van der Waals surface area contributed by atoms with Crippen LogP contribution in [-0.4, -0.2) is 0 Å². The summed E-state index contributed by atoms with van der Waals surface area (Å²) in [6.45, 7) is 8.15. The van der Waals surface area contributed by atoms with Crippen molar-refractivity contribution in [3.05, 3.63) is 35.7 Å². The van der Waals surface area contributed by atoms with Crippen molar-refractivity contribution in [2.24, 2.45) is 0 Å². The molecule has 0 aromatic heterocycles. The van der Waals surface area contributed by atoms with E-state index in [4.69, 9.17) is 0 Å². The molecule has 0 aromatic carbocycles. The fraction of sp³-hybridized carbons (Fsp3) is 0.400. The molecule has 1 rings (SSSR count).